The number of hydrogen-bond acceptors (Lipinski definition) is 5. The third-order valence-corrected chi connectivity index (χ3v) is 3.92. The van der Waals surface area contributed by atoms with Crippen molar-refractivity contribution in [3.05, 3.63) is 12.2 Å². The maximum Gasteiger partial charge on any atom is 0.410 e. The summed E-state index contributed by atoms with van der Waals surface area (Å²) in [6, 6.07) is 0. The maximum absolute atomic E-state index is 12.2. The summed E-state index contributed by atoms with van der Waals surface area (Å²) >= 11 is 0. The number of carbonyl (C=O) groups is 2. The van der Waals surface area contributed by atoms with Crippen LogP contribution < -0.4 is 5.32 Å². The molecule has 144 valence electrons. The topological polar surface area (TPSA) is 71.1 Å². The van der Waals surface area contributed by atoms with Crippen molar-refractivity contribution in [2.75, 3.05) is 47.4 Å². The molecule has 7 heteroatoms. The average Bonchev–Trinajstić information content (AvgIpc) is 2.45. The highest BCUT2D eigenvalue weighted by Crippen LogP contribution is 2.24. The van der Waals surface area contributed by atoms with E-state index in [-0.39, 0.29) is 12.0 Å². The summed E-state index contributed by atoms with van der Waals surface area (Å²) in [4.78, 5) is 28.0. The minimum atomic E-state index is -0.510. The average molecular weight is 355 g/mol. The maximum atomic E-state index is 12.2. The molecule has 2 amide bonds. The molecule has 1 aliphatic rings. The van der Waals surface area contributed by atoms with Gasteiger partial charge in [-0.1, -0.05) is 6.08 Å². The fraction of sp³-hybridized carbons (Fsp3) is 0.778. The molecule has 0 aromatic carbocycles. The molecule has 1 aliphatic heterocycles. The van der Waals surface area contributed by atoms with Gasteiger partial charge in [-0.05, 0) is 47.7 Å². The molecule has 0 radical (unpaired) electrons. The molecule has 7 nitrogen and oxygen atoms in total. The van der Waals surface area contributed by atoms with E-state index in [1.54, 1.807) is 18.1 Å². The Morgan fingerprint density at radius 1 is 1.24 bits per heavy atom. The van der Waals surface area contributed by atoms with Crippen LogP contribution in [0.1, 0.15) is 33.6 Å². The van der Waals surface area contributed by atoms with Gasteiger partial charge in [0.15, 0.2) is 0 Å². The van der Waals surface area contributed by atoms with Crippen LogP contribution in [0, 0.1) is 0 Å². The Kier molecular flexibility index (Phi) is 7.89. The Morgan fingerprint density at radius 3 is 2.32 bits per heavy atom. The Morgan fingerprint density at radius 2 is 1.84 bits per heavy atom. The third-order valence-electron chi connectivity index (χ3n) is 3.92. The first-order valence-corrected chi connectivity index (χ1v) is 8.67. The van der Waals surface area contributed by atoms with Crippen LogP contribution in [-0.4, -0.2) is 80.4 Å². The van der Waals surface area contributed by atoms with E-state index >= 15 is 0 Å². The van der Waals surface area contributed by atoms with Gasteiger partial charge >= 0.3 is 6.09 Å². The van der Waals surface area contributed by atoms with Gasteiger partial charge in [-0.3, -0.25) is 4.79 Å². The quantitative estimate of drug-likeness (QED) is 0.734. The number of nitrogens with zero attached hydrogens (tertiary/aromatic N) is 2. The molecule has 0 aliphatic carbocycles. The Balaban J connectivity index is 2.62. The zero-order valence-electron chi connectivity index (χ0n) is 16.4. The number of ether oxygens (including phenoxy) is 2. The second kappa shape index (κ2) is 9.20. The summed E-state index contributed by atoms with van der Waals surface area (Å²) in [5, 5.41) is 3.07. The molecule has 0 aromatic rings. The van der Waals surface area contributed by atoms with Gasteiger partial charge in [0.2, 0.25) is 5.91 Å². The van der Waals surface area contributed by atoms with Crippen LogP contribution in [0.3, 0.4) is 0 Å². The molecule has 0 bridgehead atoms. The number of likely N-dealkylation sites (tertiary alicyclic amines) is 1. The number of piperidine rings is 1. The van der Waals surface area contributed by atoms with Crippen molar-refractivity contribution in [2.45, 2.75) is 44.8 Å². The number of hydrogen-bond donors (Lipinski definition) is 1. The number of nitrogens with one attached hydrogen (secondary N) is 1. The van der Waals surface area contributed by atoms with Gasteiger partial charge in [0.1, 0.15) is 5.60 Å². The van der Waals surface area contributed by atoms with Crippen molar-refractivity contribution in [3.8, 4) is 0 Å². The largest absolute Gasteiger partial charge is 0.444 e. The standard InChI is InChI=1S/C18H33N3O4/c1-17(2,3)25-16(23)21-12-9-18(10-13-21,14-24-6)19-15(22)8-7-11-20(4)5/h7-8H,9-14H2,1-6H3,(H,19,22)/b8-7+. The first-order valence-electron chi connectivity index (χ1n) is 8.67. The van der Waals surface area contributed by atoms with E-state index in [0.717, 1.165) is 0 Å². The first-order chi connectivity index (χ1) is 11.6. The molecule has 25 heavy (non-hydrogen) atoms. The van der Waals surface area contributed by atoms with Crippen LogP contribution in [0.25, 0.3) is 0 Å². The molecular weight excluding hydrogens is 322 g/mol. The minimum Gasteiger partial charge on any atom is -0.444 e. The van der Waals surface area contributed by atoms with Crippen molar-refractivity contribution in [2.24, 2.45) is 0 Å². The second-order valence-electron chi connectivity index (χ2n) is 7.83. The van der Waals surface area contributed by atoms with Gasteiger partial charge < -0.3 is 24.6 Å². The number of likely N-dealkylation sites (N-methyl/N-ethyl adjacent to an activating group) is 1. The second-order valence-corrected chi connectivity index (χ2v) is 7.83. The molecule has 0 unspecified atom stereocenters. The van der Waals surface area contributed by atoms with Crippen LogP contribution in [-0.2, 0) is 14.3 Å². The lowest BCUT2D eigenvalue weighted by atomic mass is 9.88. The molecular formula is C18H33N3O4. The first kappa shape index (κ1) is 21.4. The monoisotopic (exact) mass is 355 g/mol. The van der Waals surface area contributed by atoms with Crippen molar-refractivity contribution in [1.29, 1.82) is 0 Å². The predicted molar refractivity (Wildman–Crippen MR) is 97.5 cm³/mol. The zero-order chi connectivity index (χ0) is 19.1. The van der Waals surface area contributed by atoms with E-state index < -0.39 is 11.1 Å². The Bertz CT molecular complexity index is 475. The predicted octanol–water partition coefficient (Wildman–Crippen LogP) is 1.64. The molecule has 0 saturated carbocycles. The van der Waals surface area contributed by atoms with Gasteiger partial charge in [-0.2, -0.15) is 0 Å². The Hall–Kier alpha value is -1.60. The van der Waals surface area contributed by atoms with Gasteiger partial charge in [-0.15, -0.1) is 0 Å². The number of carbonyl (C=O) groups excluding carboxylic acids is 2. The molecule has 0 spiro atoms. The van der Waals surface area contributed by atoms with Crippen molar-refractivity contribution < 1.29 is 19.1 Å². The highest BCUT2D eigenvalue weighted by molar-refractivity contribution is 5.88. The Labute approximate surface area is 151 Å². The van der Waals surface area contributed by atoms with E-state index in [0.29, 0.717) is 39.1 Å². The van der Waals surface area contributed by atoms with Gasteiger partial charge in [0.25, 0.3) is 0 Å². The molecule has 1 saturated heterocycles. The third kappa shape index (κ3) is 7.88. The zero-order valence-corrected chi connectivity index (χ0v) is 16.4. The summed E-state index contributed by atoms with van der Waals surface area (Å²) in [5.41, 5.74) is -0.962. The summed E-state index contributed by atoms with van der Waals surface area (Å²) in [6.07, 6.45) is 4.33. The van der Waals surface area contributed by atoms with Crippen LogP contribution in [0.2, 0.25) is 0 Å². The number of amides is 2. The van der Waals surface area contributed by atoms with Gasteiger partial charge in [0.05, 0.1) is 12.1 Å². The molecule has 1 rings (SSSR count). The normalized spacial score (nSPS) is 17.8. The van der Waals surface area contributed by atoms with Gasteiger partial charge in [0, 0.05) is 32.8 Å². The SMILES string of the molecule is COCC1(NC(=O)/C=C/CN(C)C)CCN(C(=O)OC(C)(C)C)CC1. The molecule has 0 atom stereocenters. The summed E-state index contributed by atoms with van der Waals surface area (Å²) in [5.74, 6) is -0.135. The fourth-order valence-electron chi connectivity index (χ4n) is 2.70. The summed E-state index contributed by atoms with van der Waals surface area (Å²) < 4.78 is 10.7. The van der Waals surface area contributed by atoms with E-state index in [4.69, 9.17) is 9.47 Å². The lowest BCUT2D eigenvalue weighted by Crippen LogP contribution is -2.58. The molecule has 1 N–H and O–H groups in total. The van der Waals surface area contributed by atoms with Crippen LogP contribution in [0.4, 0.5) is 4.79 Å². The van der Waals surface area contributed by atoms with E-state index in [1.165, 1.54) is 0 Å². The molecule has 1 fully saturated rings. The van der Waals surface area contributed by atoms with Crippen molar-refractivity contribution >= 4 is 12.0 Å². The van der Waals surface area contributed by atoms with Crippen molar-refractivity contribution in [3.63, 3.8) is 0 Å². The van der Waals surface area contributed by atoms with E-state index in [9.17, 15) is 9.59 Å². The highest BCUT2D eigenvalue weighted by Gasteiger charge is 2.38. The molecule has 1 heterocycles. The van der Waals surface area contributed by atoms with Crippen molar-refractivity contribution in [1.82, 2.24) is 15.1 Å². The summed E-state index contributed by atoms with van der Waals surface area (Å²) in [7, 11) is 5.51. The van der Waals surface area contributed by atoms with E-state index in [2.05, 4.69) is 5.32 Å². The lowest BCUT2D eigenvalue weighted by molar-refractivity contribution is -0.119. The lowest BCUT2D eigenvalue weighted by Gasteiger charge is -2.41. The van der Waals surface area contributed by atoms with Gasteiger partial charge in [-0.25, -0.2) is 4.79 Å². The summed E-state index contributed by atoms with van der Waals surface area (Å²) in [6.45, 7) is 7.73. The smallest absolute Gasteiger partial charge is 0.410 e. The van der Waals surface area contributed by atoms with Crippen LogP contribution in [0.5, 0.6) is 0 Å². The van der Waals surface area contributed by atoms with E-state index in [1.807, 2.05) is 45.8 Å². The minimum absolute atomic E-state index is 0.135. The number of rotatable bonds is 6. The van der Waals surface area contributed by atoms with Crippen LogP contribution >= 0.6 is 0 Å². The molecule has 0 aromatic heterocycles. The highest BCUT2D eigenvalue weighted by atomic mass is 16.6. The fourth-order valence-corrected chi connectivity index (χ4v) is 2.70. The van der Waals surface area contributed by atoms with Crippen LogP contribution in [0.15, 0.2) is 12.2 Å². The number of methoxy groups -OCH3 is 1.